The number of hydrogen-bond acceptors (Lipinski definition) is 3. The van der Waals surface area contributed by atoms with Crippen LogP contribution in [0, 0.1) is 12.3 Å². The van der Waals surface area contributed by atoms with Gasteiger partial charge in [-0.15, -0.1) is 0 Å². The number of piperidine rings is 1. The van der Waals surface area contributed by atoms with Crippen molar-refractivity contribution < 1.29 is 13.2 Å². The molecule has 1 fully saturated rings. The van der Waals surface area contributed by atoms with Gasteiger partial charge in [0, 0.05) is 19.6 Å². The second-order valence-electron chi connectivity index (χ2n) is 9.95. The topological polar surface area (TPSA) is 66.5 Å². The normalized spacial score (nSPS) is 20.4. The van der Waals surface area contributed by atoms with E-state index in [1.54, 1.807) is 12.1 Å². The molecule has 1 aliphatic heterocycles. The van der Waals surface area contributed by atoms with Gasteiger partial charge in [0.05, 0.1) is 10.3 Å². The summed E-state index contributed by atoms with van der Waals surface area (Å²) < 4.78 is 28.0. The summed E-state index contributed by atoms with van der Waals surface area (Å²) in [5.74, 6) is -0.101. The summed E-state index contributed by atoms with van der Waals surface area (Å²) in [6.45, 7) is 11.3. The molecule has 2 aromatic carbocycles. The number of benzene rings is 2. The van der Waals surface area contributed by atoms with E-state index in [-0.39, 0.29) is 22.8 Å². The van der Waals surface area contributed by atoms with Gasteiger partial charge >= 0.3 is 0 Å². The van der Waals surface area contributed by atoms with Crippen LogP contribution in [-0.2, 0) is 26.8 Å². The van der Waals surface area contributed by atoms with Crippen LogP contribution in [0.4, 0.5) is 0 Å². The number of sulfonamides is 1. The van der Waals surface area contributed by atoms with Gasteiger partial charge < -0.3 is 5.32 Å². The molecule has 0 aliphatic carbocycles. The Morgan fingerprint density at radius 2 is 1.68 bits per heavy atom. The van der Waals surface area contributed by atoms with Crippen LogP contribution in [0.3, 0.4) is 0 Å². The number of carbonyl (C=O) groups is 1. The zero-order valence-electron chi connectivity index (χ0n) is 19.2. The molecular weight excluding hydrogens is 408 g/mol. The van der Waals surface area contributed by atoms with Crippen molar-refractivity contribution in [3.63, 3.8) is 0 Å². The molecular formula is C25H34N2O3S. The molecule has 1 atom stereocenters. The van der Waals surface area contributed by atoms with Gasteiger partial charge in [-0.1, -0.05) is 62.7 Å². The summed E-state index contributed by atoms with van der Waals surface area (Å²) in [7, 11) is -3.65. The lowest BCUT2D eigenvalue weighted by molar-refractivity contribution is -0.132. The monoisotopic (exact) mass is 442 g/mol. The average molecular weight is 443 g/mol. The standard InChI is InChI=1S/C25H34N2O3S/c1-19-7-9-20(10-8-19)17-26-23(28)25(5)15-6-16-27(18-25)31(29,30)22-13-11-21(12-14-22)24(2,3)4/h7-14H,6,15-18H2,1-5H3,(H,26,28). The van der Waals surface area contributed by atoms with Crippen LogP contribution in [0.5, 0.6) is 0 Å². The molecule has 1 saturated heterocycles. The molecule has 2 aromatic rings. The fourth-order valence-electron chi connectivity index (χ4n) is 3.96. The molecule has 1 unspecified atom stereocenters. The van der Waals surface area contributed by atoms with Crippen molar-refractivity contribution >= 4 is 15.9 Å². The molecule has 0 saturated carbocycles. The smallest absolute Gasteiger partial charge is 0.243 e. The van der Waals surface area contributed by atoms with Gasteiger partial charge in [-0.2, -0.15) is 4.31 Å². The van der Waals surface area contributed by atoms with E-state index < -0.39 is 15.4 Å². The average Bonchev–Trinajstić information content (AvgIpc) is 2.72. The second kappa shape index (κ2) is 8.75. The van der Waals surface area contributed by atoms with Gasteiger partial charge in [0.15, 0.2) is 0 Å². The third-order valence-electron chi connectivity index (χ3n) is 6.14. The summed E-state index contributed by atoms with van der Waals surface area (Å²) in [4.78, 5) is 13.3. The van der Waals surface area contributed by atoms with Gasteiger partial charge in [0.2, 0.25) is 15.9 Å². The number of nitrogens with zero attached hydrogens (tertiary/aromatic N) is 1. The molecule has 6 heteroatoms. The van der Waals surface area contributed by atoms with E-state index in [0.717, 1.165) is 11.1 Å². The first-order valence-corrected chi connectivity index (χ1v) is 12.3. The molecule has 5 nitrogen and oxygen atoms in total. The minimum atomic E-state index is -3.65. The van der Waals surface area contributed by atoms with Crippen LogP contribution >= 0.6 is 0 Å². The predicted octanol–water partition coefficient (Wildman–Crippen LogP) is 4.40. The molecule has 1 heterocycles. The summed E-state index contributed by atoms with van der Waals surface area (Å²) in [5.41, 5.74) is 2.50. The van der Waals surface area contributed by atoms with Crippen LogP contribution in [0.25, 0.3) is 0 Å². The predicted molar refractivity (Wildman–Crippen MR) is 124 cm³/mol. The van der Waals surface area contributed by atoms with Gasteiger partial charge in [-0.25, -0.2) is 8.42 Å². The van der Waals surface area contributed by atoms with Crippen molar-refractivity contribution in [2.24, 2.45) is 5.41 Å². The van der Waals surface area contributed by atoms with Crippen LogP contribution in [0.2, 0.25) is 0 Å². The maximum atomic E-state index is 13.3. The maximum Gasteiger partial charge on any atom is 0.243 e. The van der Waals surface area contributed by atoms with Crippen LogP contribution in [-0.4, -0.2) is 31.7 Å². The summed E-state index contributed by atoms with van der Waals surface area (Å²) in [6, 6.07) is 15.1. The SMILES string of the molecule is Cc1ccc(CNC(=O)C2(C)CCCN(S(=O)(=O)c3ccc(C(C)(C)C)cc3)C2)cc1. The molecule has 31 heavy (non-hydrogen) atoms. The van der Waals surface area contributed by atoms with Crippen LogP contribution in [0.1, 0.15) is 57.2 Å². The Bertz CT molecular complexity index is 1020. The minimum absolute atomic E-state index is 0.0402. The van der Waals surface area contributed by atoms with Gasteiger partial charge in [0.1, 0.15) is 0 Å². The summed E-state index contributed by atoms with van der Waals surface area (Å²) in [5, 5.41) is 3.00. The van der Waals surface area contributed by atoms with Crippen LogP contribution in [0.15, 0.2) is 53.4 Å². The van der Waals surface area contributed by atoms with Crippen molar-refractivity contribution in [3.05, 3.63) is 65.2 Å². The maximum absolute atomic E-state index is 13.3. The van der Waals surface area contributed by atoms with Crippen molar-refractivity contribution in [1.82, 2.24) is 9.62 Å². The van der Waals surface area contributed by atoms with Crippen molar-refractivity contribution in [2.45, 2.75) is 64.3 Å². The van der Waals surface area contributed by atoms with Crippen molar-refractivity contribution in [1.29, 1.82) is 0 Å². The van der Waals surface area contributed by atoms with E-state index in [2.05, 4.69) is 26.1 Å². The first kappa shape index (κ1) is 23.5. The minimum Gasteiger partial charge on any atom is -0.352 e. The Kier molecular flexibility index (Phi) is 6.63. The third kappa shape index (κ3) is 5.36. The number of aryl methyl sites for hydroxylation is 1. The number of amides is 1. The lowest BCUT2D eigenvalue weighted by Crippen LogP contribution is -2.51. The molecule has 1 N–H and O–H groups in total. The highest BCUT2D eigenvalue weighted by atomic mass is 32.2. The molecule has 1 amide bonds. The highest BCUT2D eigenvalue weighted by molar-refractivity contribution is 7.89. The lowest BCUT2D eigenvalue weighted by Gasteiger charge is -2.38. The lowest BCUT2D eigenvalue weighted by atomic mass is 9.82. The summed E-state index contributed by atoms with van der Waals surface area (Å²) in [6.07, 6.45) is 1.33. The summed E-state index contributed by atoms with van der Waals surface area (Å²) >= 11 is 0. The number of nitrogens with one attached hydrogen (secondary N) is 1. The fourth-order valence-corrected chi connectivity index (χ4v) is 5.56. The first-order chi connectivity index (χ1) is 14.4. The molecule has 168 valence electrons. The molecule has 0 bridgehead atoms. The Morgan fingerprint density at radius 1 is 1.06 bits per heavy atom. The van der Waals surface area contributed by atoms with Gasteiger partial charge in [-0.05, 0) is 55.4 Å². The van der Waals surface area contributed by atoms with E-state index in [1.165, 1.54) is 9.87 Å². The zero-order chi connectivity index (χ0) is 22.9. The van der Waals surface area contributed by atoms with Crippen LogP contribution < -0.4 is 5.32 Å². The first-order valence-electron chi connectivity index (χ1n) is 10.9. The Morgan fingerprint density at radius 3 is 2.26 bits per heavy atom. The van der Waals surface area contributed by atoms with E-state index >= 15 is 0 Å². The quantitative estimate of drug-likeness (QED) is 0.746. The highest BCUT2D eigenvalue weighted by Gasteiger charge is 2.41. The van der Waals surface area contributed by atoms with E-state index in [1.807, 2.05) is 50.2 Å². The van der Waals surface area contributed by atoms with Crippen molar-refractivity contribution in [3.8, 4) is 0 Å². The van der Waals surface area contributed by atoms with Gasteiger partial charge in [0.25, 0.3) is 0 Å². The largest absolute Gasteiger partial charge is 0.352 e. The molecule has 3 rings (SSSR count). The van der Waals surface area contributed by atoms with Crippen molar-refractivity contribution in [2.75, 3.05) is 13.1 Å². The molecule has 0 spiro atoms. The zero-order valence-corrected chi connectivity index (χ0v) is 20.1. The second-order valence-corrected chi connectivity index (χ2v) is 11.9. The third-order valence-corrected chi connectivity index (χ3v) is 8.00. The number of carbonyl (C=O) groups excluding carboxylic acids is 1. The Labute approximate surface area is 186 Å². The number of hydrogen-bond donors (Lipinski definition) is 1. The Balaban J connectivity index is 1.71. The highest BCUT2D eigenvalue weighted by Crippen LogP contribution is 2.33. The van der Waals surface area contributed by atoms with E-state index in [9.17, 15) is 13.2 Å². The number of rotatable bonds is 5. The fraction of sp³-hybridized carbons (Fsp3) is 0.480. The molecule has 1 aliphatic rings. The van der Waals surface area contributed by atoms with Gasteiger partial charge in [-0.3, -0.25) is 4.79 Å². The molecule has 0 radical (unpaired) electrons. The van der Waals surface area contributed by atoms with E-state index in [0.29, 0.717) is 25.9 Å². The molecule has 0 aromatic heterocycles. The Hall–Kier alpha value is -2.18. The van der Waals surface area contributed by atoms with E-state index in [4.69, 9.17) is 0 Å².